The van der Waals surface area contributed by atoms with E-state index in [1.165, 1.54) is 24.1 Å². The lowest BCUT2D eigenvalue weighted by Crippen LogP contribution is -2.48. The van der Waals surface area contributed by atoms with E-state index in [-0.39, 0.29) is 6.61 Å². The molecule has 3 N–H and O–H groups in total. The van der Waals surface area contributed by atoms with Crippen molar-refractivity contribution in [3.8, 4) is 0 Å². The highest BCUT2D eigenvalue weighted by Crippen LogP contribution is 2.50. The van der Waals surface area contributed by atoms with Gasteiger partial charge < -0.3 is 24.8 Å². The van der Waals surface area contributed by atoms with Gasteiger partial charge in [0, 0.05) is 6.92 Å². The smallest absolute Gasteiger partial charge is 0.302 e. The quantitative estimate of drug-likeness (QED) is 0.230. The highest BCUT2D eigenvalue weighted by atomic mass is 16.6. The van der Waals surface area contributed by atoms with E-state index < -0.39 is 36.0 Å². The molecular weight excluding hydrogens is 384 g/mol. The summed E-state index contributed by atoms with van der Waals surface area (Å²) in [6.07, 6.45) is 9.10. The van der Waals surface area contributed by atoms with Crippen LogP contribution in [0.5, 0.6) is 0 Å². The lowest BCUT2D eigenvalue weighted by molar-refractivity contribution is -0.140. The van der Waals surface area contributed by atoms with Gasteiger partial charge in [-0.25, -0.2) is 0 Å². The van der Waals surface area contributed by atoms with E-state index in [4.69, 9.17) is 9.47 Å². The zero-order chi connectivity index (χ0) is 22.5. The molecule has 0 aromatic carbocycles. The van der Waals surface area contributed by atoms with Gasteiger partial charge in [-0.05, 0) is 52.2 Å². The first kappa shape index (κ1) is 24.3. The molecule has 0 bridgehead atoms. The molecule has 1 aliphatic heterocycles. The first-order valence-corrected chi connectivity index (χ1v) is 10.3. The molecule has 0 spiro atoms. The maximum absolute atomic E-state index is 11.0. The monoisotopic (exact) mass is 418 g/mol. The molecule has 1 fully saturated rings. The van der Waals surface area contributed by atoms with Crippen molar-refractivity contribution in [2.45, 2.75) is 77.5 Å². The number of aliphatic hydroxyl groups excluding tert-OH is 3. The molecule has 0 aromatic rings. The number of aliphatic hydroxyl groups is 3. The van der Waals surface area contributed by atoms with Gasteiger partial charge >= 0.3 is 5.97 Å². The number of carbonyl (C=O) groups excluding carboxylic acids is 1. The zero-order valence-electron chi connectivity index (χ0n) is 18.5. The predicted octanol–water partition coefficient (Wildman–Crippen LogP) is 2.91. The van der Waals surface area contributed by atoms with Gasteiger partial charge in [-0.1, -0.05) is 47.1 Å². The minimum Gasteiger partial charge on any atom is -0.461 e. The van der Waals surface area contributed by atoms with Crippen molar-refractivity contribution in [3.05, 3.63) is 58.7 Å². The topological polar surface area (TPSA) is 99.5 Å². The summed E-state index contributed by atoms with van der Waals surface area (Å²) in [5.74, 6) is -0.474. The van der Waals surface area contributed by atoms with Crippen LogP contribution in [0.4, 0.5) is 0 Å². The van der Waals surface area contributed by atoms with E-state index in [1.807, 2.05) is 25.2 Å². The molecule has 1 saturated heterocycles. The minimum atomic E-state index is -1.27. The largest absolute Gasteiger partial charge is 0.461 e. The number of ether oxygens (including phenoxy) is 2. The number of carbonyl (C=O) groups is 1. The third kappa shape index (κ3) is 6.01. The Kier molecular flexibility index (Phi) is 8.38. The molecule has 0 aromatic heterocycles. The van der Waals surface area contributed by atoms with Crippen LogP contribution in [0.25, 0.3) is 0 Å². The molecule has 2 rings (SSSR count). The fraction of sp³-hybridized carbons (Fsp3) is 0.542. The Labute approximate surface area is 178 Å². The van der Waals surface area contributed by atoms with Crippen molar-refractivity contribution in [2.24, 2.45) is 0 Å². The third-order valence-electron chi connectivity index (χ3n) is 5.38. The number of allylic oxidation sites excluding steroid dienone is 7. The highest BCUT2D eigenvalue weighted by molar-refractivity contribution is 5.66. The Morgan fingerprint density at radius 2 is 1.97 bits per heavy atom. The summed E-state index contributed by atoms with van der Waals surface area (Å²) in [5, 5.41) is 31.6. The van der Waals surface area contributed by atoms with Gasteiger partial charge in [0.1, 0.15) is 31.0 Å². The molecule has 5 atom stereocenters. The Balaban J connectivity index is 1.99. The summed E-state index contributed by atoms with van der Waals surface area (Å²) in [6, 6.07) is 0. The Hall–Kier alpha value is -1.99. The van der Waals surface area contributed by atoms with Crippen LogP contribution in [0, 0.1) is 0 Å². The fourth-order valence-corrected chi connectivity index (χ4v) is 3.56. The summed E-state index contributed by atoms with van der Waals surface area (Å²) in [5.41, 5.74) is 2.49. The van der Waals surface area contributed by atoms with Crippen molar-refractivity contribution >= 4 is 5.97 Å². The second-order valence-electron chi connectivity index (χ2n) is 8.35. The van der Waals surface area contributed by atoms with Crippen molar-refractivity contribution in [2.75, 3.05) is 6.61 Å². The van der Waals surface area contributed by atoms with Crippen LogP contribution in [0.3, 0.4) is 0 Å². The molecule has 1 aliphatic carbocycles. The maximum atomic E-state index is 11.0. The van der Waals surface area contributed by atoms with E-state index >= 15 is 0 Å². The van der Waals surface area contributed by atoms with Crippen LogP contribution in [0.15, 0.2) is 58.7 Å². The maximum Gasteiger partial charge on any atom is 0.302 e. The Morgan fingerprint density at radius 1 is 1.27 bits per heavy atom. The first-order chi connectivity index (χ1) is 14.1. The highest BCUT2D eigenvalue weighted by Gasteiger charge is 2.69. The third-order valence-corrected chi connectivity index (χ3v) is 5.38. The summed E-state index contributed by atoms with van der Waals surface area (Å²) < 4.78 is 10.5. The molecule has 0 radical (unpaired) electrons. The molecular formula is C24H34O6. The van der Waals surface area contributed by atoms with Gasteiger partial charge in [-0.2, -0.15) is 0 Å². The van der Waals surface area contributed by atoms with Crippen molar-refractivity contribution in [3.63, 3.8) is 0 Å². The van der Waals surface area contributed by atoms with Gasteiger partial charge in [-0.3, -0.25) is 4.79 Å². The number of fused-ring (bicyclic) bond motifs is 1. The Morgan fingerprint density at radius 3 is 2.60 bits per heavy atom. The second-order valence-corrected chi connectivity index (χ2v) is 8.35. The van der Waals surface area contributed by atoms with Crippen LogP contribution < -0.4 is 0 Å². The molecule has 166 valence electrons. The number of epoxide rings is 1. The first-order valence-electron chi connectivity index (χ1n) is 10.3. The zero-order valence-corrected chi connectivity index (χ0v) is 18.5. The fourth-order valence-electron chi connectivity index (χ4n) is 3.56. The van der Waals surface area contributed by atoms with Gasteiger partial charge in [0.15, 0.2) is 5.60 Å². The van der Waals surface area contributed by atoms with E-state index in [0.29, 0.717) is 5.57 Å². The van der Waals surface area contributed by atoms with Crippen LogP contribution in [0.1, 0.15) is 47.5 Å². The molecule has 6 heteroatoms. The number of esters is 1. The molecule has 0 saturated carbocycles. The number of hydrogen-bond donors (Lipinski definition) is 3. The molecule has 1 heterocycles. The average molecular weight is 419 g/mol. The summed E-state index contributed by atoms with van der Waals surface area (Å²) in [7, 11) is 0. The number of hydrogen-bond acceptors (Lipinski definition) is 6. The van der Waals surface area contributed by atoms with Crippen LogP contribution in [-0.2, 0) is 14.3 Å². The lowest BCUT2D eigenvalue weighted by atomic mass is 9.81. The van der Waals surface area contributed by atoms with E-state index in [1.54, 1.807) is 6.08 Å². The van der Waals surface area contributed by atoms with Crippen LogP contribution in [0.2, 0.25) is 0 Å². The van der Waals surface area contributed by atoms with E-state index in [9.17, 15) is 20.1 Å². The standard InChI is InChI=1S/C24H34O6/c1-15(2)8-6-9-16(3)10-7-11-17(4)12-20(26)24-21(27)13-19(14-29-18(5)25)22(28)23(24)30-24/h7-8,10-13,20-23,26-28H,6,9,14H2,1-5H3/b11-7+,16-10+,17-12+/t20-,21-,22-,23-,24+/m0/s1. The van der Waals surface area contributed by atoms with Crippen LogP contribution in [-0.4, -0.2) is 57.9 Å². The molecule has 30 heavy (non-hydrogen) atoms. The molecule has 0 amide bonds. The van der Waals surface area contributed by atoms with Crippen LogP contribution >= 0.6 is 0 Å². The van der Waals surface area contributed by atoms with Gasteiger partial charge in [0.05, 0.1) is 0 Å². The summed E-state index contributed by atoms with van der Waals surface area (Å²) >= 11 is 0. The Bertz CT molecular complexity index is 784. The van der Waals surface area contributed by atoms with Gasteiger partial charge in [-0.15, -0.1) is 0 Å². The van der Waals surface area contributed by atoms with E-state index in [2.05, 4.69) is 26.8 Å². The summed E-state index contributed by atoms with van der Waals surface area (Å²) in [6.45, 7) is 9.27. The number of rotatable bonds is 9. The van der Waals surface area contributed by atoms with Gasteiger partial charge in [0.25, 0.3) is 0 Å². The minimum absolute atomic E-state index is 0.115. The molecule has 0 unspecified atom stereocenters. The lowest BCUT2D eigenvalue weighted by Gasteiger charge is -2.28. The van der Waals surface area contributed by atoms with Crippen molar-refractivity contribution in [1.82, 2.24) is 0 Å². The average Bonchev–Trinajstić information content (AvgIpc) is 3.41. The SMILES string of the molecule is CC(=O)OCC1=C[C@H](O)[C@@]2([C@@H](O)/C=C(C)/C=C/C=C(\C)CCC=C(C)C)O[C@H]2[C@H]1O. The van der Waals surface area contributed by atoms with E-state index in [0.717, 1.165) is 18.4 Å². The second kappa shape index (κ2) is 10.4. The molecule has 2 aliphatic rings. The summed E-state index contributed by atoms with van der Waals surface area (Å²) in [4.78, 5) is 11.0. The molecule has 6 nitrogen and oxygen atoms in total. The van der Waals surface area contributed by atoms with Crippen molar-refractivity contribution in [1.29, 1.82) is 0 Å². The normalized spacial score (nSPS) is 29.9. The van der Waals surface area contributed by atoms with Gasteiger partial charge in [0.2, 0.25) is 0 Å². The van der Waals surface area contributed by atoms with Crippen molar-refractivity contribution < 1.29 is 29.6 Å². The predicted molar refractivity (Wildman–Crippen MR) is 116 cm³/mol.